The molecule has 0 spiro atoms. The van der Waals surface area contributed by atoms with Crippen molar-refractivity contribution in [2.75, 3.05) is 24.5 Å². The van der Waals surface area contributed by atoms with E-state index in [0.29, 0.717) is 40.6 Å². The number of pyridine rings is 1. The summed E-state index contributed by atoms with van der Waals surface area (Å²) in [5, 5.41) is 4.68. The molecule has 1 heterocycles. The predicted octanol–water partition coefficient (Wildman–Crippen LogP) is 6.05. The highest BCUT2D eigenvalue weighted by molar-refractivity contribution is 6.39. The van der Waals surface area contributed by atoms with Crippen molar-refractivity contribution in [3.05, 3.63) is 76.9 Å². The summed E-state index contributed by atoms with van der Waals surface area (Å²) >= 11 is 12.2. The highest BCUT2D eigenvalue weighted by Gasteiger charge is 2.16. The van der Waals surface area contributed by atoms with Gasteiger partial charge >= 0.3 is 6.03 Å². The fourth-order valence-corrected chi connectivity index (χ4v) is 3.97. The lowest BCUT2D eigenvalue weighted by Crippen LogP contribution is -2.44. The zero-order valence-corrected chi connectivity index (χ0v) is 20.6. The molecule has 36 heavy (non-hydrogen) atoms. The Morgan fingerprint density at radius 1 is 0.944 bits per heavy atom. The number of carbonyl (C=O) groups excluding carboxylic acids is 2. The summed E-state index contributed by atoms with van der Waals surface area (Å²) in [5.41, 5.74) is 3.69. The molecular weight excluding hydrogens is 507 g/mol. The fourth-order valence-electron chi connectivity index (χ4n) is 3.39. The molecule has 0 saturated carbocycles. The standard InChI is InChI=1S/C25H20Cl2N4O5/c1-34-22-12-17-20(13-23(22)35-2)28-11-10-21(17)36-16-8-6-15(7-9-16)29-25(33)30-31(14-32)24-18(26)4-3-5-19(24)27/h3-14H,1-2H3,(H2,29,30,33). The number of hydrazine groups is 1. The number of ether oxygens (including phenoxy) is 3. The van der Waals surface area contributed by atoms with Gasteiger partial charge < -0.3 is 19.5 Å². The number of methoxy groups -OCH3 is 2. The molecule has 0 bridgehead atoms. The second kappa shape index (κ2) is 11.0. The first kappa shape index (κ1) is 24.9. The third kappa shape index (κ3) is 5.37. The van der Waals surface area contributed by atoms with E-state index in [1.165, 1.54) is 0 Å². The Labute approximate surface area is 216 Å². The maximum Gasteiger partial charge on any atom is 0.338 e. The minimum Gasteiger partial charge on any atom is -0.493 e. The first-order chi connectivity index (χ1) is 17.4. The first-order valence-electron chi connectivity index (χ1n) is 10.5. The van der Waals surface area contributed by atoms with E-state index in [4.69, 9.17) is 37.4 Å². The summed E-state index contributed by atoms with van der Waals surface area (Å²) in [6.07, 6.45) is 2.03. The summed E-state index contributed by atoms with van der Waals surface area (Å²) in [5.74, 6) is 2.21. The van der Waals surface area contributed by atoms with Crippen molar-refractivity contribution in [2.24, 2.45) is 0 Å². The van der Waals surface area contributed by atoms with Crippen molar-refractivity contribution < 1.29 is 23.8 Å². The van der Waals surface area contributed by atoms with Gasteiger partial charge in [0.2, 0.25) is 6.41 Å². The summed E-state index contributed by atoms with van der Waals surface area (Å²) < 4.78 is 16.8. The Morgan fingerprint density at radius 2 is 1.61 bits per heavy atom. The molecule has 0 radical (unpaired) electrons. The van der Waals surface area contributed by atoms with Gasteiger partial charge in [-0.05, 0) is 48.5 Å². The zero-order chi connectivity index (χ0) is 25.7. The van der Waals surface area contributed by atoms with E-state index in [0.717, 1.165) is 10.4 Å². The molecular formula is C25H20Cl2N4O5. The number of benzene rings is 3. The molecule has 0 unspecified atom stereocenters. The normalized spacial score (nSPS) is 10.4. The van der Waals surface area contributed by atoms with Crippen molar-refractivity contribution in [3.8, 4) is 23.0 Å². The number of para-hydroxylation sites is 1. The maximum atomic E-state index is 12.4. The lowest BCUT2D eigenvalue weighted by molar-refractivity contribution is -0.107. The van der Waals surface area contributed by atoms with E-state index in [9.17, 15) is 9.59 Å². The quantitative estimate of drug-likeness (QED) is 0.214. The molecule has 9 nitrogen and oxygen atoms in total. The van der Waals surface area contributed by atoms with Crippen LogP contribution in [0.1, 0.15) is 0 Å². The van der Waals surface area contributed by atoms with Crippen molar-refractivity contribution in [3.63, 3.8) is 0 Å². The number of urea groups is 1. The molecule has 0 aliphatic carbocycles. The number of rotatable bonds is 8. The summed E-state index contributed by atoms with van der Waals surface area (Å²) in [6.45, 7) is 0. The van der Waals surface area contributed by atoms with Gasteiger partial charge in [-0.15, -0.1) is 0 Å². The van der Waals surface area contributed by atoms with Crippen LogP contribution in [0.3, 0.4) is 0 Å². The number of nitrogens with one attached hydrogen (secondary N) is 2. The number of amides is 3. The molecule has 0 fully saturated rings. The van der Waals surface area contributed by atoms with Crippen LogP contribution in [-0.2, 0) is 4.79 Å². The molecule has 0 atom stereocenters. The lowest BCUT2D eigenvalue weighted by Gasteiger charge is -2.21. The van der Waals surface area contributed by atoms with Crippen LogP contribution in [0.2, 0.25) is 10.0 Å². The topological polar surface area (TPSA) is 102 Å². The van der Waals surface area contributed by atoms with Gasteiger partial charge in [-0.3, -0.25) is 9.78 Å². The number of fused-ring (bicyclic) bond motifs is 1. The van der Waals surface area contributed by atoms with Gasteiger partial charge in [-0.25, -0.2) is 15.2 Å². The molecule has 4 aromatic rings. The number of carbonyl (C=O) groups is 2. The summed E-state index contributed by atoms with van der Waals surface area (Å²) in [4.78, 5) is 28.3. The number of hydrogen-bond donors (Lipinski definition) is 2. The van der Waals surface area contributed by atoms with Crippen molar-refractivity contribution in [1.29, 1.82) is 0 Å². The second-order valence-electron chi connectivity index (χ2n) is 7.27. The highest BCUT2D eigenvalue weighted by atomic mass is 35.5. The Kier molecular flexibility index (Phi) is 7.62. The Balaban J connectivity index is 1.46. The van der Waals surface area contributed by atoms with E-state index < -0.39 is 6.03 Å². The van der Waals surface area contributed by atoms with E-state index in [1.54, 1.807) is 81.1 Å². The fraction of sp³-hybridized carbons (Fsp3) is 0.0800. The lowest BCUT2D eigenvalue weighted by atomic mass is 10.2. The first-order valence-corrected chi connectivity index (χ1v) is 11.2. The number of halogens is 2. The molecule has 0 saturated heterocycles. The third-order valence-corrected chi connectivity index (χ3v) is 5.66. The van der Waals surface area contributed by atoms with Crippen LogP contribution in [-0.4, -0.2) is 31.6 Å². The SMILES string of the molecule is COc1cc2nccc(Oc3ccc(NC(=O)NN(C=O)c4c(Cl)cccc4Cl)cc3)c2cc1OC. The van der Waals surface area contributed by atoms with Gasteiger partial charge in [0.15, 0.2) is 11.5 Å². The average Bonchev–Trinajstić information content (AvgIpc) is 2.88. The average molecular weight is 527 g/mol. The minimum atomic E-state index is -0.673. The van der Waals surface area contributed by atoms with Crippen LogP contribution in [0.15, 0.2) is 66.9 Å². The molecule has 2 N–H and O–H groups in total. The third-order valence-electron chi connectivity index (χ3n) is 5.05. The smallest absolute Gasteiger partial charge is 0.338 e. The van der Waals surface area contributed by atoms with Crippen LogP contribution in [0.5, 0.6) is 23.0 Å². The Morgan fingerprint density at radius 3 is 2.25 bits per heavy atom. The summed E-state index contributed by atoms with van der Waals surface area (Å²) in [7, 11) is 3.11. The van der Waals surface area contributed by atoms with E-state index >= 15 is 0 Å². The predicted molar refractivity (Wildman–Crippen MR) is 139 cm³/mol. The van der Waals surface area contributed by atoms with Gasteiger partial charge in [0, 0.05) is 23.3 Å². The monoisotopic (exact) mass is 526 g/mol. The molecule has 11 heteroatoms. The van der Waals surface area contributed by atoms with Crippen LogP contribution >= 0.6 is 23.2 Å². The van der Waals surface area contributed by atoms with E-state index in [2.05, 4.69) is 15.7 Å². The molecule has 0 aliphatic heterocycles. The van der Waals surface area contributed by atoms with Crippen molar-refractivity contribution >= 4 is 57.9 Å². The van der Waals surface area contributed by atoms with Gasteiger partial charge in [-0.1, -0.05) is 29.3 Å². The molecule has 1 aromatic heterocycles. The van der Waals surface area contributed by atoms with Crippen molar-refractivity contribution in [1.82, 2.24) is 10.4 Å². The van der Waals surface area contributed by atoms with Gasteiger partial charge in [-0.2, -0.15) is 0 Å². The Bertz CT molecular complexity index is 1400. The van der Waals surface area contributed by atoms with E-state index in [-0.39, 0.29) is 15.7 Å². The summed E-state index contributed by atoms with van der Waals surface area (Å²) in [6, 6.07) is 16.0. The second-order valence-corrected chi connectivity index (χ2v) is 8.09. The largest absolute Gasteiger partial charge is 0.493 e. The zero-order valence-electron chi connectivity index (χ0n) is 19.1. The van der Waals surface area contributed by atoms with Crippen LogP contribution in [0.25, 0.3) is 10.9 Å². The maximum absolute atomic E-state index is 12.4. The van der Waals surface area contributed by atoms with E-state index in [1.807, 2.05) is 0 Å². The van der Waals surface area contributed by atoms with Crippen molar-refractivity contribution in [2.45, 2.75) is 0 Å². The molecule has 184 valence electrons. The number of hydrogen-bond acceptors (Lipinski definition) is 6. The molecule has 4 rings (SSSR count). The molecule has 3 aromatic carbocycles. The number of aromatic nitrogens is 1. The molecule has 3 amide bonds. The van der Waals surface area contributed by atoms with Gasteiger partial charge in [0.1, 0.15) is 17.2 Å². The number of nitrogens with zero attached hydrogens (tertiary/aromatic N) is 2. The van der Waals surface area contributed by atoms with Gasteiger partial charge in [0.05, 0.1) is 29.8 Å². The van der Waals surface area contributed by atoms with Gasteiger partial charge in [0.25, 0.3) is 0 Å². The van der Waals surface area contributed by atoms with Crippen LogP contribution < -0.4 is 30.0 Å². The molecule has 0 aliphatic rings. The minimum absolute atomic E-state index is 0.161. The number of anilines is 2. The van der Waals surface area contributed by atoms with Crippen LogP contribution in [0, 0.1) is 0 Å². The highest BCUT2D eigenvalue weighted by Crippen LogP contribution is 2.37. The van der Waals surface area contributed by atoms with Crippen LogP contribution in [0.4, 0.5) is 16.2 Å². The Hall–Kier alpha value is -4.21.